The van der Waals surface area contributed by atoms with Gasteiger partial charge >= 0.3 is 0 Å². The van der Waals surface area contributed by atoms with Crippen LogP contribution in [0, 0.1) is 0 Å². The molecule has 2 rings (SSSR count). The molecule has 0 bridgehead atoms. The van der Waals surface area contributed by atoms with Crippen molar-refractivity contribution < 1.29 is 0 Å². The van der Waals surface area contributed by atoms with Crippen LogP contribution in [-0.2, 0) is 20.0 Å². The van der Waals surface area contributed by atoms with Crippen molar-refractivity contribution >= 4 is 11.3 Å². The molecule has 5 heteroatoms. The van der Waals surface area contributed by atoms with Gasteiger partial charge in [-0.2, -0.15) is 11.3 Å². The van der Waals surface area contributed by atoms with Gasteiger partial charge in [0.15, 0.2) is 0 Å². The first-order valence-electron chi connectivity index (χ1n) is 5.33. The normalized spacial score (nSPS) is 12.9. The molecule has 2 aromatic heterocycles. The fourth-order valence-corrected chi connectivity index (χ4v) is 2.25. The zero-order valence-electron chi connectivity index (χ0n) is 9.55. The molecule has 0 aliphatic carbocycles. The van der Waals surface area contributed by atoms with Gasteiger partial charge < -0.3 is 9.88 Å². The van der Waals surface area contributed by atoms with Crippen molar-refractivity contribution in [2.75, 3.05) is 0 Å². The molecule has 0 aliphatic rings. The van der Waals surface area contributed by atoms with Crippen molar-refractivity contribution in [2.45, 2.75) is 25.9 Å². The summed E-state index contributed by atoms with van der Waals surface area (Å²) in [7, 11) is 1.96. The molecule has 1 N–H and O–H groups in total. The minimum Gasteiger partial charge on any atom is -0.320 e. The van der Waals surface area contributed by atoms with E-state index in [-0.39, 0.29) is 0 Å². The molecule has 4 nitrogen and oxygen atoms in total. The summed E-state index contributed by atoms with van der Waals surface area (Å²) in [5, 5.41) is 15.6. The quantitative estimate of drug-likeness (QED) is 0.857. The van der Waals surface area contributed by atoms with Crippen molar-refractivity contribution in [1.82, 2.24) is 20.1 Å². The van der Waals surface area contributed by atoms with Gasteiger partial charge in [-0.25, -0.2) is 0 Å². The maximum Gasteiger partial charge on any atom is 0.146 e. The zero-order valence-corrected chi connectivity index (χ0v) is 10.4. The van der Waals surface area contributed by atoms with E-state index in [1.165, 1.54) is 5.56 Å². The first-order valence-corrected chi connectivity index (χ1v) is 6.27. The van der Waals surface area contributed by atoms with E-state index in [0.29, 0.717) is 6.04 Å². The Kier molecular flexibility index (Phi) is 3.69. The van der Waals surface area contributed by atoms with Gasteiger partial charge in [0.25, 0.3) is 0 Å². The predicted molar refractivity (Wildman–Crippen MR) is 65.3 cm³/mol. The van der Waals surface area contributed by atoms with Crippen LogP contribution >= 0.6 is 11.3 Å². The molecule has 2 heterocycles. The van der Waals surface area contributed by atoms with Crippen LogP contribution in [0.5, 0.6) is 0 Å². The topological polar surface area (TPSA) is 42.7 Å². The van der Waals surface area contributed by atoms with E-state index in [1.54, 1.807) is 17.7 Å². The Morgan fingerprint density at radius 3 is 3.06 bits per heavy atom. The molecule has 16 heavy (non-hydrogen) atoms. The highest BCUT2D eigenvalue weighted by atomic mass is 32.1. The lowest BCUT2D eigenvalue weighted by Gasteiger charge is -2.12. The molecule has 1 unspecified atom stereocenters. The van der Waals surface area contributed by atoms with Crippen molar-refractivity contribution in [3.63, 3.8) is 0 Å². The van der Waals surface area contributed by atoms with Crippen LogP contribution in [0.3, 0.4) is 0 Å². The van der Waals surface area contributed by atoms with Crippen LogP contribution < -0.4 is 5.32 Å². The SMILES string of the molecule is CC(Cc1ccsc1)NCc1nncn1C. The van der Waals surface area contributed by atoms with Crippen LogP contribution in [0.4, 0.5) is 0 Å². The van der Waals surface area contributed by atoms with Crippen LogP contribution in [0.25, 0.3) is 0 Å². The summed E-state index contributed by atoms with van der Waals surface area (Å²) in [5.74, 6) is 0.970. The fraction of sp³-hybridized carbons (Fsp3) is 0.455. The van der Waals surface area contributed by atoms with Gasteiger partial charge in [-0.3, -0.25) is 0 Å². The lowest BCUT2D eigenvalue weighted by Crippen LogP contribution is -2.28. The Morgan fingerprint density at radius 2 is 2.44 bits per heavy atom. The monoisotopic (exact) mass is 236 g/mol. The number of nitrogens with one attached hydrogen (secondary N) is 1. The summed E-state index contributed by atoms with van der Waals surface area (Å²) in [4.78, 5) is 0. The van der Waals surface area contributed by atoms with Crippen LogP contribution in [0.1, 0.15) is 18.3 Å². The van der Waals surface area contributed by atoms with E-state index in [9.17, 15) is 0 Å². The molecule has 1 atom stereocenters. The van der Waals surface area contributed by atoms with Gasteiger partial charge in [0.2, 0.25) is 0 Å². The maximum atomic E-state index is 4.04. The number of thiophene rings is 1. The highest BCUT2D eigenvalue weighted by molar-refractivity contribution is 7.07. The minimum absolute atomic E-state index is 0.450. The number of aryl methyl sites for hydroxylation is 1. The maximum absolute atomic E-state index is 4.04. The molecule has 0 aliphatic heterocycles. The predicted octanol–water partition coefficient (Wildman–Crippen LogP) is 1.60. The molecule has 86 valence electrons. The molecular weight excluding hydrogens is 220 g/mol. The lowest BCUT2D eigenvalue weighted by molar-refractivity contribution is 0.525. The van der Waals surface area contributed by atoms with E-state index < -0.39 is 0 Å². The summed E-state index contributed by atoms with van der Waals surface area (Å²) < 4.78 is 1.93. The van der Waals surface area contributed by atoms with Crippen molar-refractivity contribution in [2.24, 2.45) is 7.05 Å². The Hall–Kier alpha value is -1.20. The molecule has 0 radical (unpaired) electrons. The summed E-state index contributed by atoms with van der Waals surface area (Å²) >= 11 is 1.75. The Bertz CT molecular complexity index is 421. The largest absolute Gasteiger partial charge is 0.320 e. The zero-order chi connectivity index (χ0) is 11.4. The third-order valence-corrected chi connectivity index (χ3v) is 3.27. The van der Waals surface area contributed by atoms with E-state index in [1.807, 2.05) is 11.6 Å². The molecule has 0 saturated carbocycles. The lowest BCUT2D eigenvalue weighted by atomic mass is 10.1. The molecule has 0 aromatic carbocycles. The fourth-order valence-electron chi connectivity index (χ4n) is 1.57. The average molecular weight is 236 g/mol. The Labute approximate surface area is 99.3 Å². The number of nitrogens with zero attached hydrogens (tertiary/aromatic N) is 3. The van der Waals surface area contributed by atoms with Gasteiger partial charge in [0.1, 0.15) is 12.2 Å². The Balaban J connectivity index is 1.80. The minimum atomic E-state index is 0.450. The van der Waals surface area contributed by atoms with Gasteiger partial charge in [0.05, 0.1) is 6.54 Å². The third kappa shape index (κ3) is 2.90. The first-order chi connectivity index (χ1) is 7.75. The number of rotatable bonds is 5. The average Bonchev–Trinajstić information content (AvgIpc) is 2.87. The number of hydrogen-bond acceptors (Lipinski definition) is 4. The molecule has 0 fully saturated rings. The van der Waals surface area contributed by atoms with Crippen molar-refractivity contribution in [3.8, 4) is 0 Å². The standard InChI is InChI=1S/C11H16N4S/c1-9(5-10-3-4-16-7-10)12-6-11-14-13-8-15(11)2/h3-4,7-9,12H,5-6H2,1-2H3. The van der Waals surface area contributed by atoms with Crippen molar-refractivity contribution in [3.05, 3.63) is 34.5 Å². The summed E-state index contributed by atoms with van der Waals surface area (Å²) in [6.07, 6.45) is 2.78. The molecule has 0 saturated heterocycles. The smallest absolute Gasteiger partial charge is 0.146 e. The molecule has 0 spiro atoms. The molecule has 0 amide bonds. The van der Waals surface area contributed by atoms with Gasteiger partial charge in [-0.15, -0.1) is 10.2 Å². The van der Waals surface area contributed by atoms with E-state index in [4.69, 9.17) is 0 Å². The van der Waals surface area contributed by atoms with Gasteiger partial charge in [-0.05, 0) is 35.7 Å². The highest BCUT2D eigenvalue weighted by Gasteiger charge is 2.05. The summed E-state index contributed by atoms with van der Waals surface area (Å²) in [5.41, 5.74) is 1.39. The molecular formula is C11H16N4S. The van der Waals surface area contributed by atoms with Crippen LogP contribution in [0.15, 0.2) is 23.2 Å². The van der Waals surface area contributed by atoms with Crippen molar-refractivity contribution in [1.29, 1.82) is 0 Å². The van der Waals surface area contributed by atoms with Crippen LogP contribution in [-0.4, -0.2) is 20.8 Å². The van der Waals surface area contributed by atoms with E-state index in [2.05, 4.69) is 39.3 Å². The summed E-state index contributed by atoms with van der Waals surface area (Å²) in [6, 6.07) is 2.62. The second-order valence-electron chi connectivity index (χ2n) is 3.98. The third-order valence-electron chi connectivity index (χ3n) is 2.54. The number of aromatic nitrogens is 3. The van der Waals surface area contributed by atoms with Crippen LogP contribution in [0.2, 0.25) is 0 Å². The second-order valence-corrected chi connectivity index (χ2v) is 4.76. The van der Waals surface area contributed by atoms with Gasteiger partial charge in [-0.1, -0.05) is 0 Å². The van der Waals surface area contributed by atoms with Gasteiger partial charge in [0, 0.05) is 13.1 Å². The first kappa shape index (κ1) is 11.3. The van der Waals surface area contributed by atoms with E-state index >= 15 is 0 Å². The second kappa shape index (κ2) is 5.23. The van der Waals surface area contributed by atoms with E-state index in [0.717, 1.165) is 18.8 Å². The number of hydrogen-bond donors (Lipinski definition) is 1. The summed E-state index contributed by atoms with van der Waals surface area (Å²) in [6.45, 7) is 2.95. The Morgan fingerprint density at radius 1 is 1.56 bits per heavy atom. The molecule has 2 aromatic rings. The highest BCUT2D eigenvalue weighted by Crippen LogP contribution is 2.08.